The van der Waals surface area contributed by atoms with E-state index >= 15 is 0 Å². The Morgan fingerprint density at radius 2 is 2.08 bits per heavy atom. The van der Waals surface area contributed by atoms with Crippen molar-refractivity contribution in [2.24, 2.45) is 0 Å². The highest BCUT2D eigenvalue weighted by molar-refractivity contribution is 7.97. The van der Waals surface area contributed by atoms with Gasteiger partial charge in [-0.25, -0.2) is 4.31 Å². The minimum Gasteiger partial charge on any atom is -0.345 e. The summed E-state index contributed by atoms with van der Waals surface area (Å²) in [5.41, 5.74) is 0. The second kappa shape index (κ2) is 3.67. The lowest BCUT2D eigenvalue weighted by Gasteiger charge is -2.20. The summed E-state index contributed by atoms with van der Waals surface area (Å²) in [7, 11) is -0.449. The zero-order valence-electron chi connectivity index (χ0n) is 8.15. The minimum absolute atomic E-state index is 0.0238. The molecule has 1 aliphatic rings. The van der Waals surface area contributed by atoms with Gasteiger partial charge in [0, 0.05) is 36.1 Å². The summed E-state index contributed by atoms with van der Waals surface area (Å²) >= 11 is 0. The molecule has 1 amide bonds. The molecule has 0 aliphatic carbocycles. The highest BCUT2D eigenvalue weighted by atomic mass is 32.2. The third kappa shape index (κ3) is 2.70. The van der Waals surface area contributed by atoms with Gasteiger partial charge in [0.1, 0.15) is 0 Å². The zero-order chi connectivity index (χ0) is 10.1. The van der Waals surface area contributed by atoms with Gasteiger partial charge in [-0.3, -0.25) is 9.00 Å². The van der Waals surface area contributed by atoms with Gasteiger partial charge in [0.15, 0.2) is 0 Å². The van der Waals surface area contributed by atoms with E-state index in [0.29, 0.717) is 6.54 Å². The Morgan fingerprint density at radius 1 is 1.46 bits per heavy atom. The molecule has 1 fully saturated rings. The Morgan fingerprint density at radius 3 is 2.62 bits per heavy atom. The molecule has 1 aliphatic heterocycles. The predicted molar refractivity (Wildman–Crippen MR) is 55.0 cm³/mol. The van der Waals surface area contributed by atoms with Crippen LogP contribution in [0, 0.1) is 0 Å². The molecular weight excluding hydrogens is 188 g/mol. The van der Waals surface area contributed by atoms with Crippen LogP contribution >= 0.6 is 0 Å². The SMILES string of the molecule is C=S(C)(=O)N1CCCN(C)C(=O)C1. The minimum atomic E-state index is -2.22. The highest BCUT2D eigenvalue weighted by Gasteiger charge is 2.21. The molecule has 1 rings (SSSR count). The molecule has 0 bridgehead atoms. The van der Waals surface area contributed by atoms with Gasteiger partial charge in [-0.1, -0.05) is 0 Å². The zero-order valence-corrected chi connectivity index (χ0v) is 8.97. The molecule has 1 atom stereocenters. The predicted octanol–water partition coefficient (Wildman–Crippen LogP) is -0.588. The van der Waals surface area contributed by atoms with Gasteiger partial charge >= 0.3 is 0 Å². The van der Waals surface area contributed by atoms with Crippen molar-refractivity contribution in [1.82, 2.24) is 9.21 Å². The normalized spacial score (nSPS) is 25.4. The van der Waals surface area contributed by atoms with Gasteiger partial charge in [-0.05, 0) is 12.3 Å². The molecule has 0 aromatic carbocycles. The van der Waals surface area contributed by atoms with Crippen LogP contribution < -0.4 is 0 Å². The lowest BCUT2D eigenvalue weighted by Crippen LogP contribution is -2.37. The average molecular weight is 204 g/mol. The summed E-state index contributed by atoms with van der Waals surface area (Å²) in [6.45, 7) is 1.66. The molecule has 1 heterocycles. The molecule has 1 saturated heterocycles. The van der Waals surface area contributed by atoms with Crippen molar-refractivity contribution in [2.75, 3.05) is 32.9 Å². The van der Waals surface area contributed by atoms with Crippen LogP contribution in [-0.2, 0) is 14.5 Å². The quantitative estimate of drug-likeness (QED) is 0.536. The average Bonchev–Trinajstić information content (AvgIpc) is 2.13. The molecule has 0 saturated carbocycles. The number of carbonyl (C=O) groups excluding carboxylic acids is 1. The number of nitrogens with zero attached hydrogens (tertiary/aromatic N) is 2. The maximum Gasteiger partial charge on any atom is 0.237 e. The van der Waals surface area contributed by atoms with Crippen LogP contribution in [0.4, 0.5) is 0 Å². The maximum absolute atomic E-state index is 11.6. The first-order chi connectivity index (χ1) is 5.91. The molecule has 0 radical (unpaired) electrons. The Labute approximate surface area is 79.7 Å². The maximum atomic E-state index is 11.6. The van der Waals surface area contributed by atoms with Crippen LogP contribution in [0.2, 0.25) is 0 Å². The van der Waals surface area contributed by atoms with E-state index < -0.39 is 9.71 Å². The van der Waals surface area contributed by atoms with Crippen molar-refractivity contribution in [2.45, 2.75) is 6.42 Å². The van der Waals surface area contributed by atoms with Crippen molar-refractivity contribution >= 4 is 21.5 Å². The van der Waals surface area contributed by atoms with Gasteiger partial charge < -0.3 is 4.90 Å². The number of rotatable bonds is 1. The number of carbonyl (C=O) groups is 1. The standard InChI is InChI=1S/C8H16N2O2S/c1-9-5-4-6-10(7-8(9)11)13(2,3)12/h2,4-7H2,1,3H3. The molecular formula is C8H16N2O2S. The third-order valence-electron chi connectivity index (χ3n) is 2.18. The van der Waals surface area contributed by atoms with Crippen molar-refractivity contribution < 1.29 is 9.00 Å². The van der Waals surface area contributed by atoms with Crippen molar-refractivity contribution in [3.05, 3.63) is 0 Å². The topological polar surface area (TPSA) is 40.6 Å². The van der Waals surface area contributed by atoms with Crippen molar-refractivity contribution in [3.8, 4) is 0 Å². The Balaban J connectivity index is 2.76. The van der Waals surface area contributed by atoms with Crippen LogP contribution in [0.3, 0.4) is 0 Å². The fourth-order valence-electron chi connectivity index (χ4n) is 1.29. The summed E-state index contributed by atoms with van der Waals surface area (Å²) in [5, 5.41) is 0. The van der Waals surface area contributed by atoms with Crippen LogP contribution in [-0.4, -0.2) is 58.1 Å². The van der Waals surface area contributed by atoms with E-state index in [-0.39, 0.29) is 12.5 Å². The molecule has 0 N–H and O–H groups in total. The van der Waals surface area contributed by atoms with Gasteiger partial charge in [-0.15, -0.1) is 0 Å². The summed E-state index contributed by atoms with van der Waals surface area (Å²) in [4.78, 5) is 13.1. The monoisotopic (exact) mass is 204 g/mol. The number of hydrogen-bond acceptors (Lipinski definition) is 2. The Hall–Kier alpha value is -0.550. The molecule has 0 aromatic heterocycles. The number of likely N-dealkylation sites (N-methyl/N-ethyl adjacent to an activating group) is 1. The van der Waals surface area contributed by atoms with Crippen LogP contribution in [0.25, 0.3) is 0 Å². The molecule has 5 heteroatoms. The smallest absolute Gasteiger partial charge is 0.237 e. The second-order valence-electron chi connectivity index (χ2n) is 3.49. The molecule has 76 valence electrons. The lowest BCUT2D eigenvalue weighted by atomic mass is 10.4. The van der Waals surface area contributed by atoms with Gasteiger partial charge in [0.2, 0.25) is 5.91 Å². The fourth-order valence-corrected chi connectivity index (χ4v) is 2.19. The van der Waals surface area contributed by atoms with Gasteiger partial charge in [0.25, 0.3) is 0 Å². The first kappa shape index (κ1) is 10.5. The van der Waals surface area contributed by atoms with Gasteiger partial charge in [-0.2, -0.15) is 0 Å². The first-order valence-corrected chi connectivity index (χ1v) is 6.32. The molecule has 0 spiro atoms. The van der Waals surface area contributed by atoms with E-state index in [2.05, 4.69) is 5.87 Å². The summed E-state index contributed by atoms with van der Waals surface area (Å²) in [6, 6.07) is 0. The van der Waals surface area contributed by atoms with Crippen LogP contribution in [0.15, 0.2) is 0 Å². The molecule has 13 heavy (non-hydrogen) atoms. The summed E-state index contributed by atoms with van der Waals surface area (Å²) < 4.78 is 13.3. The number of hydrogen-bond donors (Lipinski definition) is 0. The Bertz CT molecular complexity index is 297. The Kier molecular flexibility index (Phi) is 2.98. The van der Waals surface area contributed by atoms with Crippen molar-refractivity contribution in [3.63, 3.8) is 0 Å². The van der Waals surface area contributed by atoms with Crippen LogP contribution in [0.1, 0.15) is 6.42 Å². The molecule has 4 nitrogen and oxygen atoms in total. The largest absolute Gasteiger partial charge is 0.345 e. The second-order valence-corrected chi connectivity index (χ2v) is 5.93. The van der Waals surface area contributed by atoms with E-state index in [1.165, 1.54) is 0 Å². The van der Waals surface area contributed by atoms with Crippen molar-refractivity contribution in [1.29, 1.82) is 0 Å². The van der Waals surface area contributed by atoms with E-state index in [1.54, 1.807) is 22.5 Å². The van der Waals surface area contributed by atoms with Gasteiger partial charge in [0.05, 0.1) is 6.54 Å². The van der Waals surface area contributed by atoms with E-state index in [1.807, 2.05) is 0 Å². The highest BCUT2D eigenvalue weighted by Crippen LogP contribution is 2.05. The fraction of sp³-hybridized carbons (Fsp3) is 0.750. The number of amides is 1. The summed E-state index contributed by atoms with van der Waals surface area (Å²) in [5.74, 6) is 3.60. The van der Waals surface area contributed by atoms with Crippen LogP contribution in [0.5, 0.6) is 0 Å². The van der Waals surface area contributed by atoms with E-state index in [9.17, 15) is 9.00 Å². The first-order valence-electron chi connectivity index (χ1n) is 4.22. The van der Waals surface area contributed by atoms with E-state index in [0.717, 1.165) is 13.0 Å². The third-order valence-corrected chi connectivity index (χ3v) is 3.59. The van der Waals surface area contributed by atoms with E-state index in [4.69, 9.17) is 0 Å². The summed E-state index contributed by atoms with van der Waals surface area (Å²) in [6.07, 6.45) is 2.44. The molecule has 1 unspecified atom stereocenters. The molecule has 0 aromatic rings. The lowest BCUT2D eigenvalue weighted by molar-refractivity contribution is -0.129.